The number of esters is 11. The zero-order valence-corrected chi connectivity index (χ0v) is 73.1. The van der Waals surface area contributed by atoms with Crippen LogP contribution in [0.1, 0.15) is 134 Å². The molecule has 5 amide bonds. The molecule has 129 heavy (non-hydrogen) atoms. The zero-order valence-electron chi connectivity index (χ0n) is 73.1. The highest BCUT2D eigenvalue weighted by molar-refractivity contribution is 5.77. The number of ether oxygens (including phenoxy) is 21. The molecule has 0 aromatic carbocycles. The van der Waals surface area contributed by atoms with Gasteiger partial charge >= 0.3 is 65.7 Å². The van der Waals surface area contributed by atoms with Crippen LogP contribution in [0.2, 0.25) is 0 Å². The predicted molar refractivity (Wildman–Crippen MR) is 410 cm³/mol. The summed E-state index contributed by atoms with van der Waals surface area (Å²) in [7, 11) is 1.28. The van der Waals surface area contributed by atoms with Crippen LogP contribution in [0.4, 0.5) is 0 Å². The van der Waals surface area contributed by atoms with E-state index in [9.17, 15) is 76.7 Å². The van der Waals surface area contributed by atoms with Crippen LogP contribution < -0.4 is 26.6 Å². The fraction of sp³-hybridized carbons (Fsp3) is 0.680. The summed E-state index contributed by atoms with van der Waals surface area (Å²) in [5.74, 6) is -12.6. The molecule has 710 valence electrons. The Labute approximate surface area is 733 Å². The van der Waals surface area contributed by atoms with E-state index in [2.05, 4.69) is 67.8 Å². The summed E-state index contributed by atoms with van der Waals surface area (Å²) in [5, 5.41) is 46.8. The van der Waals surface area contributed by atoms with E-state index in [0.29, 0.717) is 0 Å². The van der Waals surface area contributed by atoms with Crippen LogP contribution >= 0.6 is 0 Å². The monoisotopic (exact) mass is 1830 g/mol. The van der Waals surface area contributed by atoms with Crippen LogP contribution in [0.3, 0.4) is 0 Å². The van der Waals surface area contributed by atoms with Crippen molar-refractivity contribution < 1.29 is 176 Å². The van der Waals surface area contributed by atoms with Crippen molar-refractivity contribution in [3.63, 3.8) is 0 Å². The van der Waals surface area contributed by atoms with Gasteiger partial charge in [0.15, 0.2) is 92.5 Å². The maximum Gasteiger partial charge on any atom is 0.303 e. The second-order valence-corrected chi connectivity index (χ2v) is 30.1. The van der Waals surface area contributed by atoms with Gasteiger partial charge in [-0.3, -0.25) is 76.7 Å². The molecule has 0 aliphatic carbocycles. The molecule has 9 rings (SSSR count). The first-order chi connectivity index (χ1) is 61.0. The first kappa shape index (κ1) is 100. The third-order valence-corrected chi connectivity index (χ3v) is 19.2. The van der Waals surface area contributed by atoms with Crippen LogP contribution in [0.15, 0.2) is 24.8 Å². The van der Waals surface area contributed by atoms with Crippen molar-refractivity contribution in [3.8, 4) is 0 Å². The normalized spacial score (nSPS) is 28.9. The van der Waals surface area contributed by atoms with Crippen LogP contribution in [-0.4, -0.2) is 322 Å². The van der Waals surface area contributed by atoms with Crippen LogP contribution in [0.25, 0.3) is 0 Å². The smallest absolute Gasteiger partial charge is 0.303 e. The second-order valence-electron chi connectivity index (χ2n) is 30.1. The minimum atomic E-state index is -1.62. The molecule has 4 aromatic rings. The van der Waals surface area contributed by atoms with E-state index in [0.717, 1.165) is 104 Å². The number of amides is 5. The number of hydrogen-bond acceptors (Lipinski definition) is 45. The Morgan fingerprint density at radius 2 is 0.457 bits per heavy atom. The van der Waals surface area contributed by atoms with Gasteiger partial charge in [-0.05, 0) is 0 Å². The van der Waals surface area contributed by atoms with Crippen molar-refractivity contribution in [1.29, 1.82) is 0 Å². The highest BCUT2D eigenvalue weighted by Crippen LogP contribution is 2.36. The van der Waals surface area contributed by atoms with Crippen molar-refractivity contribution in [3.05, 3.63) is 47.6 Å². The van der Waals surface area contributed by atoms with Gasteiger partial charge in [0.2, 0.25) is 29.5 Å². The summed E-state index contributed by atoms with van der Waals surface area (Å²) >= 11 is 0. The lowest BCUT2D eigenvalue weighted by molar-refractivity contribution is -0.280. The summed E-state index contributed by atoms with van der Waals surface area (Å²) in [6.07, 6.45) is -23.5. The number of nitrogens with zero attached hydrogens (tertiary/aromatic N) is 12. The van der Waals surface area contributed by atoms with E-state index in [1.807, 2.05) is 0 Å². The zero-order chi connectivity index (χ0) is 94.5. The summed E-state index contributed by atoms with van der Waals surface area (Å²) in [6, 6.07) is -6.79. The summed E-state index contributed by atoms with van der Waals surface area (Å²) in [5.41, 5.74) is 0.258. The molecule has 5 N–H and O–H groups in total. The molecular weight excluding hydrogens is 1730 g/mol. The Hall–Kier alpha value is -12.3. The molecule has 0 radical (unpaired) electrons. The fourth-order valence-electron chi connectivity index (χ4n) is 14.9. The number of methoxy groups -OCH3 is 1. The predicted octanol–water partition coefficient (Wildman–Crippen LogP) is -5.11. The van der Waals surface area contributed by atoms with Gasteiger partial charge in [0.05, 0.1) is 77.4 Å². The molecule has 4 aromatic heterocycles. The Bertz CT molecular complexity index is 4660. The molecule has 0 bridgehead atoms. The molecule has 9 heterocycles. The number of hydrogen-bond donors (Lipinski definition) is 5. The first-order valence-electron chi connectivity index (χ1n) is 40.0. The van der Waals surface area contributed by atoms with E-state index in [4.69, 9.17) is 99.5 Å². The molecule has 5 fully saturated rings. The molecule has 5 aliphatic rings. The van der Waals surface area contributed by atoms with Crippen molar-refractivity contribution in [1.82, 2.24) is 86.6 Å². The molecule has 5 aliphatic heterocycles. The van der Waals surface area contributed by atoms with Gasteiger partial charge in [0.1, 0.15) is 90.1 Å². The SMILES string of the molecule is CO[C@H]1O[C@H](Cn2cc(CO[C@H]3O[C@H](Cn4cc(CO[C@H]5O[C@H](Cn6cc(CO[C@H]7O[C@H](Cn8cc(CO[C@H]9O[C@H](COC(C)=O)[C@@H](OC(C)=O)[C@H](OC(C)=O)[C@H]9NC(C)=O)nn8)[C@@H](OC(C)=O)[C@H](OC(C)=O)[C@H]7NC(C)=O)nn6)[C@@H](OC(C)=O)[C@H](OC(C)=O)[C@H]5NC(C)=O)nn4)[C@@H](OC(C)=O)[C@H](OC(C)=O)[C@H]3NC(C)=O)nn2)[C@@H](OC(C)=O)[C@H](OC(C)=O)[C@H]1NC(C)=O. The fourth-order valence-corrected chi connectivity index (χ4v) is 14.9. The minimum absolute atomic E-state index is 0.0346. The lowest BCUT2D eigenvalue weighted by Gasteiger charge is -2.45. The average molecular weight is 1830 g/mol. The number of carbonyl (C=O) groups is 16. The molecule has 0 saturated carbocycles. The number of rotatable bonds is 38. The standard InChI is InChI=1S/C75H103N17O37/c1-31(93)76-56-66(120-42(12)104)61(115-37(7)99)51(125-71(56)109-17)22-89-18-47(81-85-89)26-111-72-57(77-32(2)94)67(121-43(13)105)62(116-38(8)100)52(126-72)23-90-19-48(82-86-90)27-112-73-58(78-33(3)95)68(122-44(14)106)63(117-39(9)101)53(127-73)24-91-20-49(83-87-91)28-113-74-59(79-34(4)96)69(123-45(15)107)64(118-40(10)102)54(128-74)25-92-21-50(84-88-92)29-114-75-60(80-35(5)97)70(124-46(16)108)65(119-41(11)103)55(129-75)30-110-36(6)98/h18-21,51-75H,22-30H2,1-17H3,(H,76,93)(H,77,94)(H,78,95)(H,79,96)(H,80,97)/t51-,52-,53-,54-,55-,56-,57-,58-,59-,60-,61-,62-,63-,64-,65-,66-,67-,68-,69-,70-,71+,72+,73+,74+,75+/m1/s1. The Kier molecular flexibility index (Phi) is 35.9. The molecular formula is C75H103N17O37. The Morgan fingerprint density at radius 3 is 0.651 bits per heavy atom. The lowest BCUT2D eigenvalue weighted by Crippen LogP contribution is -2.66. The van der Waals surface area contributed by atoms with Gasteiger partial charge in [-0.1, -0.05) is 20.9 Å². The lowest BCUT2D eigenvalue weighted by atomic mass is 9.95. The number of aromatic nitrogens is 12. The van der Waals surface area contributed by atoms with Crippen molar-refractivity contribution in [2.24, 2.45) is 0 Å². The van der Waals surface area contributed by atoms with E-state index < -0.39 is 288 Å². The van der Waals surface area contributed by atoms with E-state index in [1.165, 1.54) is 57.5 Å². The van der Waals surface area contributed by atoms with Gasteiger partial charge in [-0.2, -0.15) is 0 Å². The summed E-state index contributed by atoms with van der Waals surface area (Å²) < 4.78 is 129. The van der Waals surface area contributed by atoms with Gasteiger partial charge in [0, 0.05) is 118 Å². The van der Waals surface area contributed by atoms with Crippen molar-refractivity contribution >= 4 is 95.2 Å². The molecule has 5 saturated heterocycles. The molecule has 54 heteroatoms. The van der Waals surface area contributed by atoms with Crippen LogP contribution in [-0.2, 0) is 229 Å². The van der Waals surface area contributed by atoms with E-state index in [1.54, 1.807) is 0 Å². The quantitative estimate of drug-likeness (QED) is 0.0207. The van der Waals surface area contributed by atoms with Gasteiger partial charge in [-0.15, -0.1) is 20.4 Å². The Morgan fingerprint density at radius 1 is 0.271 bits per heavy atom. The second kappa shape index (κ2) is 46.1. The maximum absolute atomic E-state index is 13.1. The van der Waals surface area contributed by atoms with Gasteiger partial charge in [0.25, 0.3) is 0 Å². The number of carbonyl (C=O) groups excluding carboxylic acids is 16. The van der Waals surface area contributed by atoms with Crippen LogP contribution in [0, 0.1) is 0 Å². The van der Waals surface area contributed by atoms with Gasteiger partial charge in [-0.25, -0.2) is 18.7 Å². The van der Waals surface area contributed by atoms with E-state index in [-0.39, 0.29) is 42.4 Å². The highest BCUT2D eigenvalue weighted by atomic mass is 16.7. The summed E-state index contributed by atoms with van der Waals surface area (Å²) in [4.78, 5) is 204. The topological polar surface area (TPSA) is 650 Å². The third-order valence-electron chi connectivity index (χ3n) is 19.2. The third kappa shape index (κ3) is 29.1. The number of nitrogens with one attached hydrogen (secondary N) is 5. The van der Waals surface area contributed by atoms with Crippen LogP contribution in [0.5, 0.6) is 0 Å². The summed E-state index contributed by atoms with van der Waals surface area (Å²) in [6.45, 7) is 13.8. The maximum atomic E-state index is 13.1. The van der Waals surface area contributed by atoms with E-state index >= 15 is 0 Å². The largest absolute Gasteiger partial charge is 0.463 e. The molecule has 25 atom stereocenters. The minimum Gasteiger partial charge on any atom is -0.463 e. The average Bonchev–Trinajstić information content (AvgIpc) is 1.79. The van der Waals surface area contributed by atoms with Crippen molar-refractivity contribution in [2.75, 3.05) is 13.7 Å². The Balaban J connectivity index is 0.925. The first-order valence-corrected chi connectivity index (χ1v) is 40.0. The molecule has 54 nitrogen and oxygen atoms in total. The highest BCUT2D eigenvalue weighted by Gasteiger charge is 2.57. The van der Waals surface area contributed by atoms with Crippen molar-refractivity contribution in [2.45, 2.75) is 317 Å². The molecule has 0 unspecified atom stereocenters. The van der Waals surface area contributed by atoms with Gasteiger partial charge < -0.3 is 126 Å². The molecule has 0 spiro atoms.